The summed E-state index contributed by atoms with van der Waals surface area (Å²) in [5.74, 6) is 0. The minimum atomic E-state index is -3.84. The molecule has 0 fully saturated rings. The van der Waals surface area contributed by atoms with Crippen LogP contribution >= 0.6 is 15.9 Å². The third-order valence-electron chi connectivity index (χ3n) is 3.86. The van der Waals surface area contributed by atoms with Crippen molar-refractivity contribution in [2.75, 3.05) is 4.72 Å². The molecule has 0 aliphatic rings. The molecule has 0 atom stereocenters. The number of sulfonamides is 1. The number of rotatable bonds is 3. The lowest BCUT2D eigenvalue weighted by Crippen LogP contribution is -2.13. The van der Waals surface area contributed by atoms with Gasteiger partial charge in [0.15, 0.2) is 0 Å². The molecular formula is C18H11BrN2O4S. The van der Waals surface area contributed by atoms with Crippen LogP contribution in [0.4, 0.5) is 5.69 Å². The minimum absolute atomic E-state index is 0.143. The summed E-state index contributed by atoms with van der Waals surface area (Å²) < 4.78 is 34.1. The largest absolute Gasteiger partial charge is 0.423 e. The van der Waals surface area contributed by atoms with E-state index in [1.807, 2.05) is 0 Å². The highest BCUT2D eigenvalue weighted by atomic mass is 79.9. The van der Waals surface area contributed by atoms with Gasteiger partial charge in [0, 0.05) is 44.8 Å². The van der Waals surface area contributed by atoms with Gasteiger partial charge in [-0.25, -0.2) is 13.2 Å². The third kappa shape index (κ3) is 2.97. The van der Waals surface area contributed by atoms with Crippen LogP contribution in [-0.4, -0.2) is 13.4 Å². The summed E-state index contributed by atoms with van der Waals surface area (Å²) in [6.07, 6.45) is 3.16. The zero-order valence-electron chi connectivity index (χ0n) is 13.1. The summed E-state index contributed by atoms with van der Waals surface area (Å²) in [6, 6.07) is 12.6. The van der Waals surface area contributed by atoms with Crippen LogP contribution in [0.5, 0.6) is 0 Å². The molecule has 0 aliphatic carbocycles. The molecule has 0 unspecified atom stereocenters. The van der Waals surface area contributed by atoms with Gasteiger partial charge in [-0.05, 0) is 46.3 Å². The lowest BCUT2D eigenvalue weighted by Gasteiger charge is -2.12. The highest BCUT2D eigenvalue weighted by Gasteiger charge is 2.19. The van der Waals surface area contributed by atoms with Crippen molar-refractivity contribution in [3.8, 4) is 0 Å². The third-order valence-corrected chi connectivity index (χ3v) is 5.88. The molecule has 0 saturated carbocycles. The van der Waals surface area contributed by atoms with Gasteiger partial charge in [0.05, 0.1) is 4.90 Å². The Hall–Kier alpha value is -2.71. The fraction of sp³-hybridized carbons (Fsp3) is 0. The molecule has 6 nitrogen and oxygen atoms in total. The van der Waals surface area contributed by atoms with Crippen LogP contribution in [0.25, 0.3) is 21.7 Å². The molecule has 0 amide bonds. The number of aromatic nitrogens is 1. The zero-order valence-corrected chi connectivity index (χ0v) is 15.5. The molecule has 2 aromatic heterocycles. The normalized spacial score (nSPS) is 11.7. The Morgan fingerprint density at radius 3 is 2.69 bits per heavy atom. The van der Waals surface area contributed by atoms with Gasteiger partial charge in [-0.3, -0.25) is 9.71 Å². The van der Waals surface area contributed by atoms with E-state index in [1.165, 1.54) is 12.1 Å². The summed E-state index contributed by atoms with van der Waals surface area (Å²) in [6.45, 7) is 0. The average molecular weight is 431 g/mol. The summed E-state index contributed by atoms with van der Waals surface area (Å²) in [5.41, 5.74) is 0.299. The number of nitrogens with one attached hydrogen (secondary N) is 1. The number of hydrogen-bond acceptors (Lipinski definition) is 5. The summed E-state index contributed by atoms with van der Waals surface area (Å²) >= 11 is 3.37. The van der Waals surface area contributed by atoms with E-state index in [0.29, 0.717) is 31.9 Å². The zero-order chi connectivity index (χ0) is 18.3. The molecular weight excluding hydrogens is 420 g/mol. The number of benzene rings is 2. The molecule has 0 saturated heterocycles. The maximum Gasteiger partial charge on any atom is 0.336 e. The van der Waals surface area contributed by atoms with Crippen molar-refractivity contribution < 1.29 is 12.8 Å². The van der Waals surface area contributed by atoms with Crippen LogP contribution in [-0.2, 0) is 10.0 Å². The topological polar surface area (TPSA) is 89.3 Å². The Bertz CT molecular complexity index is 1310. The highest BCUT2D eigenvalue weighted by Crippen LogP contribution is 2.30. The van der Waals surface area contributed by atoms with Gasteiger partial charge in [0.1, 0.15) is 5.58 Å². The molecule has 0 radical (unpaired) electrons. The van der Waals surface area contributed by atoms with Crippen molar-refractivity contribution in [1.82, 2.24) is 4.98 Å². The summed E-state index contributed by atoms with van der Waals surface area (Å²) in [7, 11) is -3.84. The predicted octanol–water partition coefficient (Wildman–Crippen LogP) is 3.90. The summed E-state index contributed by atoms with van der Waals surface area (Å²) in [4.78, 5) is 15.5. The SMILES string of the molecule is O=c1ccc2cc(NS(=O)(=O)c3cccc4cncc(Br)c34)ccc2o1. The van der Waals surface area contributed by atoms with Crippen LogP contribution in [0.1, 0.15) is 0 Å². The number of anilines is 1. The van der Waals surface area contributed by atoms with Crippen LogP contribution < -0.4 is 10.3 Å². The van der Waals surface area contributed by atoms with Crippen LogP contribution in [0.3, 0.4) is 0 Å². The fourth-order valence-corrected chi connectivity index (χ4v) is 4.72. The van der Waals surface area contributed by atoms with Gasteiger partial charge in [0.25, 0.3) is 10.0 Å². The fourth-order valence-electron chi connectivity index (χ4n) is 2.73. The second-order valence-corrected chi connectivity index (χ2v) is 8.09. The van der Waals surface area contributed by atoms with E-state index in [-0.39, 0.29) is 4.90 Å². The van der Waals surface area contributed by atoms with Crippen LogP contribution in [0.15, 0.2) is 79.5 Å². The molecule has 1 N–H and O–H groups in total. The molecule has 2 aromatic carbocycles. The molecule has 8 heteroatoms. The first kappa shape index (κ1) is 16.7. The Kier molecular flexibility index (Phi) is 4.01. The van der Waals surface area contributed by atoms with Gasteiger partial charge in [-0.2, -0.15) is 0 Å². The van der Waals surface area contributed by atoms with E-state index in [1.54, 1.807) is 48.8 Å². The van der Waals surface area contributed by atoms with Crippen molar-refractivity contribution in [2.45, 2.75) is 4.90 Å². The van der Waals surface area contributed by atoms with Gasteiger partial charge in [-0.1, -0.05) is 12.1 Å². The maximum atomic E-state index is 12.9. The van der Waals surface area contributed by atoms with E-state index in [2.05, 4.69) is 25.6 Å². The first-order valence-electron chi connectivity index (χ1n) is 7.53. The van der Waals surface area contributed by atoms with Crippen molar-refractivity contribution in [1.29, 1.82) is 0 Å². The molecule has 26 heavy (non-hydrogen) atoms. The Morgan fingerprint density at radius 1 is 1.00 bits per heavy atom. The van der Waals surface area contributed by atoms with Crippen molar-refractivity contribution >= 4 is 53.4 Å². The molecule has 0 bridgehead atoms. The number of pyridine rings is 1. The van der Waals surface area contributed by atoms with Gasteiger partial charge in [0.2, 0.25) is 0 Å². The van der Waals surface area contributed by atoms with E-state index in [4.69, 9.17) is 4.42 Å². The van der Waals surface area contributed by atoms with Gasteiger partial charge in [-0.15, -0.1) is 0 Å². The standard InChI is InChI=1S/C18H11BrN2O4S/c19-14-10-20-9-12-2-1-3-16(18(12)14)26(23,24)21-13-5-6-15-11(8-13)4-7-17(22)25-15/h1-10,21H. The average Bonchev–Trinajstić information content (AvgIpc) is 2.61. The lowest BCUT2D eigenvalue weighted by molar-refractivity contribution is 0.561. The number of fused-ring (bicyclic) bond motifs is 2. The molecule has 130 valence electrons. The lowest BCUT2D eigenvalue weighted by atomic mass is 10.2. The number of hydrogen-bond donors (Lipinski definition) is 1. The first-order chi connectivity index (χ1) is 12.4. The highest BCUT2D eigenvalue weighted by molar-refractivity contribution is 9.10. The van der Waals surface area contributed by atoms with E-state index in [0.717, 1.165) is 0 Å². The smallest absolute Gasteiger partial charge is 0.336 e. The van der Waals surface area contributed by atoms with Gasteiger partial charge < -0.3 is 4.42 Å². The van der Waals surface area contributed by atoms with Crippen molar-refractivity contribution in [3.05, 3.63) is 75.8 Å². The Labute approximate surface area is 156 Å². The van der Waals surface area contributed by atoms with E-state index >= 15 is 0 Å². The number of nitrogens with zero attached hydrogens (tertiary/aromatic N) is 1. The maximum absolute atomic E-state index is 12.9. The van der Waals surface area contributed by atoms with Crippen LogP contribution in [0, 0.1) is 0 Å². The Balaban J connectivity index is 1.81. The molecule has 0 aliphatic heterocycles. The summed E-state index contributed by atoms with van der Waals surface area (Å²) in [5, 5.41) is 1.89. The van der Waals surface area contributed by atoms with E-state index in [9.17, 15) is 13.2 Å². The molecule has 4 aromatic rings. The predicted molar refractivity (Wildman–Crippen MR) is 103 cm³/mol. The molecule has 2 heterocycles. The quantitative estimate of drug-likeness (QED) is 0.497. The molecule has 0 spiro atoms. The van der Waals surface area contributed by atoms with Crippen molar-refractivity contribution in [3.63, 3.8) is 0 Å². The first-order valence-corrected chi connectivity index (χ1v) is 9.81. The van der Waals surface area contributed by atoms with Gasteiger partial charge >= 0.3 is 5.63 Å². The second-order valence-electron chi connectivity index (χ2n) is 5.59. The minimum Gasteiger partial charge on any atom is -0.423 e. The second kappa shape index (κ2) is 6.22. The van der Waals surface area contributed by atoms with E-state index < -0.39 is 15.6 Å². The number of halogens is 1. The van der Waals surface area contributed by atoms with Crippen molar-refractivity contribution in [2.24, 2.45) is 0 Å². The van der Waals surface area contributed by atoms with Crippen LogP contribution in [0.2, 0.25) is 0 Å². The molecule has 4 rings (SSSR count). The monoisotopic (exact) mass is 430 g/mol. The Morgan fingerprint density at radius 2 is 1.85 bits per heavy atom.